The lowest BCUT2D eigenvalue weighted by Crippen LogP contribution is -2.41. The van der Waals surface area contributed by atoms with Gasteiger partial charge in [0.1, 0.15) is 19.3 Å². The fourth-order valence-electron chi connectivity index (χ4n) is 4.56. The predicted molar refractivity (Wildman–Crippen MR) is 178 cm³/mol. The minimum Gasteiger partial charge on any atom is -0.481 e. The predicted octanol–water partition coefficient (Wildman–Crippen LogP) is 2.27. The van der Waals surface area contributed by atoms with Crippen LogP contribution in [0.5, 0.6) is 0 Å². The summed E-state index contributed by atoms with van der Waals surface area (Å²) >= 11 is 0. The molecule has 0 aliphatic heterocycles. The summed E-state index contributed by atoms with van der Waals surface area (Å²) in [5.41, 5.74) is 0. The van der Waals surface area contributed by atoms with Crippen molar-refractivity contribution in [1.82, 2.24) is 16.0 Å². The van der Waals surface area contributed by atoms with Gasteiger partial charge in [-0.2, -0.15) is 0 Å². The van der Waals surface area contributed by atoms with Crippen LogP contribution in [0.1, 0.15) is 103 Å². The van der Waals surface area contributed by atoms with Crippen LogP contribution in [0, 0.1) is 0 Å². The average Bonchev–Trinajstić information content (AvgIpc) is 3.05. The summed E-state index contributed by atoms with van der Waals surface area (Å²) in [5.74, 6) is -4.00. The summed E-state index contributed by atoms with van der Waals surface area (Å²) < 4.78 is 20.5. The van der Waals surface area contributed by atoms with Gasteiger partial charge in [-0.25, -0.2) is 9.59 Å². The van der Waals surface area contributed by atoms with E-state index < -0.39 is 23.9 Å². The SMILES string of the molecule is O=C(O)CCCCCCCCCCCCCCC(=O)N[C@@H](CCC(=O)NCCOCCOCC(=O)NCCOCCOCC(=O)O)C(=O)O. The number of unbranched alkanes of at least 4 members (excludes halogenated alkanes) is 11. The number of amides is 3. The highest BCUT2D eigenvalue weighted by Crippen LogP contribution is 2.13. The van der Waals surface area contributed by atoms with Crippen LogP contribution in [-0.4, -0.2) is 123 Å². The first kappa shape index (κ1) is 45.7. The summed E-state index contributed by atoms with van der Waals surface area (Å²) in [5, 5.41) is 34.2. The number of carboxylic acids is 3. The Labute approximate surface area is 289 Å². The van der Waals surface area contributed by atoms with Crippen molar-refractivity contribution in [2.24, 2.45) is 0 Å². The molecule has 16 heteroatoms. The Kier molecular flexibility index (Phi) is 30.9. The molecule has 1 atom stereocenters. The number of carbonyl (C=O) groups is 6. The molecule has 0 rings (SSSR count). The Morgan fingerprint density at radius 3 is 1.39 bits per heavy atom. The van der Waals surface area contributed by atoms with Crippen LogP contribution in [0.15, 0.2) is 0 Å². The molecular formula is C33H59N3O13. The highest BCUT2D eigenvalue weighted by Gasteiger charge is 2.20. The number of nitrogens with one attached hydrogen (secondary N) is 3. The maximum absolute atomic E-state index is 12.2. The lowest BCUT2D eigenvalue weighted by Gasteiger charge is -2.14. The number of ether oxygens (including phenoxy) is 4. The van der Waals surface area contributed by atoms with Crippen LogP contribution in [0.4, 0.5) is 0 Å². The van der Waals surface area contributed by atoms with E-state index in [2.05, 4.69) is 16.0 Å². The normalized spacial score (nSPS) is 11.5. The topological polar surface area (TPSA) is 236 Å². The third kappa shape index (κ3) is 34.3. The zero-order chi connectivity index (χ0) is 36.4. The maximum atomic E-state index is 12.2. The molecule has 0 bridgehead atoms. The fraction of sp³-hybridized carbons (Fsp3) is 0.818. The van der Waals surface area contributed by atoms with Gasteiger partial charge in [-0.1, -0.05) is 64.2 Å². The van der Waals surface area contributed by atoms with Gasteiger partial charge in [-0.3, -0.25) is 19.2 Å². The Morgan fingerprint density at radius 1 is 0.449 bits per heavy atom. The van der Waals surface area contributed by atoms with Gasteiger partial charge < -0.3 is 50.2 Å². The first-order chi connectivity index (χ1) is 23.6. The second-order valence-electron chi connectivity index (χ2n) is 11.6. The molecule has 0 aliphatic rings. The summed E-state index contributed by atoms with van der Waals surface area (Å²) in [6.07, 6.45) is 12.7. The molecular weight excluding hydrogens is 646 g/mol. The van der Waals surface area contributed by atoms with Crippen molar-refractivity contribution in [2.75, 3.05) is 65.9 Å². The number of carbonyl (C=O) groups excluding carboxylic acids is 3. The molecule has 0 aromatic rings. The molecule has 0 aromatic carbocycles. The zero-order valence-corrected chi connectivity index (χ0v) is 28.9. The number of rotatable bonds is 36. The molecule has 16 nitrogen and oxygen atoms in total. The smallest absolute Gasteiger partial charge is 0.329 e. The second-order valence-corrected chi connectivity index (χ2v) is 11.6. The summed E-state index contributed by atoms with van der Waals surface area (Å²) in [4.78, 5) is 68.4. The van der Waals surface area contributed by atoms with Crippen molar-refractivity contribution in [1.29, 1.82) is 0 Å². The van der Waals surface area contributed by atoms with E-state index in [1.165, 1.54) is 19.3 Å². The minimum absolute atomic E-state index is 0.0284. The molecule has 0 radical (unpaired) electrons. The van der Waals surface area contributed by atoms with E-state index in [9.17, 15) is 33.9 Å². The molecule has 49 heavy (non-hydrogen) atoms. The second kappa shape index (κ2) is 33.2. The fourth-order valence-corrected chi connectivity index (χ4v) is 4.56. The first-order valence-corrected chi connectivity index (χ1v) is 17.4. The Bertz CT molecular complexity index is 920. The van der Waals surface area contributed by atoms with Crippen molar-refractivity contribution in [3.05, 3.63) is 0 Å². The molecule has 0 heterocycles. The van der Waals surface area contributed by atoms with E-state index in [1.807, 2.05) is 0 Å². The monoisotopic (exact) mass is 705 g/mol. The van der Waals surface area contributed by atoms with E-state index in [4.69, 9.17) is 29.2 Å². The van der Waals surface area contributed by atoms with Crippen molar-refractivity contribution >= 4 is 35.6 Å². The largest absolute Gasteiger partial charge is 0.481 e. The molecule has 0 spiro atoms. The quantitative estimate of drug-likeness (QED) is 0.0514. The number of hydrogen-bond acceptors (Lipinski definition) is 10. The lowest BCUT2D eigenvalue weighted by molar-refractivity contribution is -0.143. The third-order valence-electron chi connectivity index (χ3n) is 7.18. The highest BCUT2D eigenvalue weighted by atomic mass is 16.5. The van der Waals surface area contributed by atoms with Crippen LogP contribution < -0.4 is 16.0 Å². The molecule has 0 saturated heterocycles. The number of hydrogen-bond donors (Lipinski definition) is 6. The molecule has 0 aromatic heterocycles. The van der Waals surface area contributed by atoms with E-state index in [0.717, 1.165) is 51.4 Å². The molecule has 0 aliphatic carbocycles. The van der Waals surface area contributed by atoms with Gasteiger partial charge in [-0.15, -0.1) is 0 Å². The standard InChI is InChI=1S/C33H59N3O13/c37-28(34-17-19-46-21-23-48-25-30(39)35-18-20-47-22-24-49-26-32(42)43)16-15-27(33(44)45)36-29(38)13-11-9-7-5-3-1-2-4-6-8-10-12-14-31(40)41/h27H,1-26H2,(H,34,37)(H,35,39)(H,36,38)(H,40,41)(H,42,43)(H,44,45)/t27-/m0/s1. The molecule has 0 saturated carbocycles. The van der Waals surface area contributed by atoms with Crippen LogP contribution in [0.2, 0.25) is 0 Å². The van der Waals surface area contributed by atoms with E-state index in [-0.39, 0.29) is 109 Å². The van der Waals surface area contributed by atoms with Gasteiger partial charge in [0.05, 0.1) is 39.6 Å². The number of aliphatic carboxylic acids is 3. The van der Waals surface area contributed by atoms with Gasteiger partial charge in [0.15, 0.2) is 0 Å². The van der Waals surface area contributed by atoms with Gasteiger partial charge in [0.2, 0.25) is 17.7 Å². The van der Waals surface area contributed by atoms with E-state index in [1.54, 1.807) is 0 Å². The van der Waals surface area contributed by atoms with Gasteiger partial charge in [0, 0.05) is 32.4 Å². The van der Waals surface area contributed by atoms with Crippen LogP contribution in [0.25, 0.3) is 0 Å². The molecule has 6 N–H and O–H groups in total. The van der Waals surface area contributed by atoms with Crippen molar-refractivity contribution in [3.63, 3.8) is 0 Å². The lowest BCUT2D eigenvalue weighted by atomic mass is 10.0. The summed E-state index contributed by atoms with van der Waals surface area (Å²) in [7, 11) is 0. The summed E-state index contributed by atoms with van der Waals surface area (Å²) in [6, 6.07) is -1.14. The maximum Gasteiger partial charge on any atom is 0.329 e. The molecule has 3 amide bonds. The van der Waals surface area contributed by atoms with Gasteiger partial charge >= 0.3 is 17.9 Å². The molecule has 0 fully saturated rings. The van der Waals surface area contributed by atoms with Gasteiger partial charge in [-0.05, 0) is 19.3 Å². The van der Waals surface area contributed by atoms with Crippen LogP contribution >= 0.6 is 0 Å². The van der Waals surface area contributed by atoms with Crippen LogP contribution in [0.3, 0.4) is 0 Å². The van der Waals surface area contributed by atoms with Gasteiger partial charge in [0.25, 0.3) is 0 Å². The Hall–Kier alpha value is -3.34. The average molecular weight is 706 g/mol. The highest BCUT2D eigenvalue weighted by molar-refractivity contribution is 5.84. The zero-order valence-electron chi connectivity index (χ0n) is 28.9. The summed E-state index contributed by atoms with van der Waals surface area (Å²) in [6.45, 7) is 1.09. The van der Waals surface area contributed by atoms with Crippen molar-refractivity contribution in [2.45, 2.75) is 109 Å². The molecule has 284 valence electrons. The van der Waals surface area contributed by atoms with E-state index in [0.29, 0.717) is 6.42 Å². The van der Waals surface area contributed by atoms with Crippen molar-refractivity contribution < 1.29 is 63.0 Å². The minimum atomic E-state index is -1.19. The van der Waals surface area contributed by atoms with Crippen LogP contribution in [-0.2, 0) is 47.7 Å². The first-order valence-electron chi connectivity index (χ1n) is 17.4. The molecule has 0 unspecified atom stereocenters. The van der Waals surface area contributed by atoms with E-state index >= 15 is 0 Å². The number of carboxylic acid groups (broad SMARTS) is 3. The van der Waals surface area contributed by atoms with Crippen molar-refractivity contribution in [3.8, 4) is 0 Å². The Balaban J connectivity index is 3.68. The third-order valence-corrected chi connectivity index (χ3v) is 7.18. The Morgan fingerprint density at radius 2 is 0.898 bits per heavy atom.